The highest BCUT2D eigenvalue weighted by Crippen LogP contribution is 2.42. The maximum atomic E-state index is 14.6. The van der Waals surface area contributed by atoms with Gasteiger partial charge in [-0.05, 0) is 68.3 Å². The van der Waals surface area contributed by atoms with Crippen LogP contribution in [-0.4, -0.2) is 56.5 Å². The summed E-state index contributed by atoms with van der Waals surface area (Å²) in [6.45, 7) is 6.34. The van der Waals surface area contributed by atoms with E-state index in [1.54, 1.807) is 55.1 Å². The van der Waals surface area contributed by atoms with Crippen molar-refractivity contribution >= 4 is 50.1 Å². The van der Waals surface area contributed by atoms with Gasteiger partial charge in [0.15, 0.2) is 3.61 Å². The van der Waals surface area contributed by atoms with Crippen molar-refractivity contribution in [1.82, 2.24) is 23.8 Å². The Morgan fingerprint density at radius 1 is 1.19 bits per heavy atom. The van der Waals surface area contributed by atoms with E-state index in [4.69, 9.17) is 9.47 Å². The number of likely N-dealkylation sites (tertiary alicyclic amines) is 1. The maximum Gasteiger partial charge on any atom is 0.333 e. The number of carbonyl (C=O) groups excluding carboxylic acids is 1. The molecule has 0 radical (unpaired) electrons. The lowest BCUT2D eigenvalue weighted by Crippen LogP contribution is -2.56. The van der Waals surface area contributed by atoms with Crippen molar-refractivity contribution < 1.29 is 14.3 Å². The molecule has 1 aliphatic heterocycles. The molecule has 1 saturated heterocycles. The first-order chi connectivity index (χ1) is 20.5. The molecule has 1 aliphatic rings. The Morgan fingerprint density at radius 2 is 1.91 bits per heavy atom. The number of hydrogen-bond acceptors (Lipinski definition) is 8. The third-order valence-corrected chi connectivity index (χ3v) is 10.3. The summed E-state index contributed by atoms with van der Waals surface area (Å²) in [7, 11) is 1.56. The van der Waals surface area contributed by atoms with Gasteiger partial charge >= 0.3 is 5.69 Å². The number of alkyl halides is 1. The molecule has 1 unspecified atom stereocenters. The summed E-state index contributed by atoms with van der Waals surface area (Å²) >= 11 is 3.42. The molecule has 1 fully saturated rings. The number of ether oxygens (including phenoxy) is 2. The number of hydrogen-bond donors (Lipinski definition) is 0. The second-order valence-corrected chi connectivity index (χ2v) is 13.6. The summed E-state index contributed by atoms with van der Waals surface area (Å²) in [5, 5.41) is 14.6. The number of fused-ring (bicyclic) bond motifs is 1. The summed E-state index contributed by atoms with van der Waals surface area (Å²) in [4.78, 5) is 44.8. The average Bonchev–Trinajstić information content (AvgIpc) is 3.77. The van der Waals surface area contributed by atoms with Crippen LogP contribution >= 0.6 is 33.9 Å². The molecule has 13 heteroatoms. The van der Waals surface area contributed by atoms with Gasteiger partial charge in [-0.1, -0.05) is 29.5 Å². The van der Waals surface area contributed by atoms with Crippen molar-refractivity contribution in [1.29, 1.82) is 5.26 Å². The third-order valence-electron chi connectivity index (χ3n) is 7.79. The fourth-order valence-corrected chi connectivity index (χ4v) is 7.84. The van der Waals surface area contributed by atoms with Crippen LogP contribution in [0.15, 0.2) is 52.3 Å². The first-order valence-electron chi connectivity index (χ1n) is 14.0. The SMILES string of the molecule is COc1ccccc1C(I)(Cn1c(=O)n(C(C)(C)C(=O)N2CCCC2)c(=O)c2c(C)c(-n3cccn3)sc21)OCCC#N. The zero-order chi connectivity index (χ0) is 30.9. The van der Waals surface area contributed by atoms with Gasteiger partial charge in [-0.15, -0.1) is 0 Å². The Morgan fingerprint density at radius 3 is 2.56 bits per heavy atom. The predicted molar refractivity (Wildman–Crippen MR) is 172 cm³/mol. The van der Waals surface area contributed by atoms with E-state index in [0.717, 1.165) is 17.4 Å². The predicted octanol–water partition coefficient (Wildman–Crippen LogP) is 4.30. The smallest absolute Gasteiger partial charge is 0.333 e. The molecule has 3 aromatic heterocycles. The van der Waals surface area contributed by atoms with Gasteiger partial charge in [0.2, 0.25) is 5.91 Å². The van der Waals surface area contributed by atoms with Gasteiger partial charge in [0, 0.05) is 36.6 Å². The van der Waals surface area contributed by atoms with Crippen LogP contribution in [0, 0.1) is 18.3 Å². The molecule has 0 N–H and O–H groups in total. The second kappa shape index (κ2) is 12.3. The number of rotatable bonds is 10. The van der Waals surface area contributed by atoms with Gasteiger partial charge in [-0.3, -0.25) is 14.2 Å². The van der Waals surface area contributed by atoms with Gasteiger partial charge < -0.3 is 14.4 Å². The van der Waals surface area contributed by atoms with Crippen molar-refractivity contribution in [3.63, 3.8) is 0 Å². The molecular formula is C30H33IN6O5S. The minimum absolute atomic E-state index is 0.0263. The molecule has 4 heterocycles. The largest absolute Gasteiger partial charge is 0.496 e. The lowest BCUT2D eigenvalue weighted by atomic mass is 10.0. The average molecular weight is 717 g/mol. The van der Waals surface area contributed by atoms with Crippen LogP contribution in [0.2, 0.25) is 0 Å². The number of aryl methyl sites for hydroxylation is 1. The molecule has 43 heavy (non-hydrogen) atoms. The molecule has 4 aromatic rings. The number of carbonyl (C=O) groups is 1. The Kier molecular flexibility index (Phi) is 8.82. The molecule has 11 nitrogen and oxygen atoms in total. The van der Waals surface area contributed by atoms with E-state index < -0.39 is 20.4 Å². The van der Waals surface area contributed by atoms with Crippen LogP contribution in [0.3, 0.4) is 0 Å². The fraction of sp³-hybridized carbons (Fsp3) is 0.433. The van der Waals surface area contributed by atoms with E-state index >= 15 is 0 Å². The van der Waals surface area contributed by atoms with Crippen LogP contribution < -0.4 is 16.0 Å². The van der Waals surface area contributed by atoms with Crippen LogP contribution in [0.25, 0.3) is 15.2 Å². The Bertz CT molecular complexity index is 1810. The highest BCUT2D eigenvalue weighted by Gasteiger charge is 2.41. The number of aromatic nitrogens is 4. The van der Waals surface area contributed by atoms with Crippen LogP contribution in [0.5, 0.6) is 5.75 Å². The molecule has 0 spiro atoms. The lowest BCUT2D eigenvalue weighted by molar-refractivity contribution is -0.138. The quantitative estimate of drug-likeness (QED) is 0.136. The van der Waals surface area contributed by atoms with Gasteiger partial charge in [-0.2, -0.15) is 10.4 Å². The van der Waals surface area contributed by atoms with Crippen molar-refractivity contribution in [2.45, 2.75) is 55.7 Å². The zero-order valence-electron chi connectivity index (χ0n) is 24.5. The lowest BCUT2D eigenvalue weighted by Gasteiger charge is -2.33. The molecule has 5 rings (SSSR count). The number of para-hydroxylation sites is 1. The van der Waals surface area contributed by atoms with E-state index in [1.807, 2.05) is 25.1 Å². The molecule has 1 amide bonds. The molecule has 1 aromatic carbocycles. The minimum Gasteiger partial charge on any atom is -0.496 e. The highest BCUT2D eigenvalue weighted by molar-refractivity contribution is 14.1. The standard InChI is InChI=1S/C30H33IN6O5S/c1-20-23-24(38)37(29(2,3)27(39)34-15-7-8-16-34)28(40)35(26(23)43-25(20)36-17-10-14-33-36)19-30(31,42-18-9-13-32)21-11-5-6-12-22(21)41-4/h5-6,10-12,14,17H,7-9,15-16,18-19H2,1-4H3. The topological polar surface area (TPSA) is 124 Å². The third kappa shape index (κ3) is 5.51. The zero-order valence-corrected chi connectivity index (χ0v) is 27.5. The molecule has 0 bridgehead atoms. The molecular weight excluding hydrogens is 683 g/mol. The monoisotopic (exact) mass is 716 g/mol. The van der Waals surface area contributed by atoms with Crippen molar-refractivity contribution in [2.24, 2.45) is 0 Å². The van der Waals surface area contributed by atoms with E-state index in [-0.39, 0.29) is 25.5 Å². The Hall–Kier alpha value is -3.48. The number of halogens is 1. The van der Waals surface area contributed by atoms with Crippen LogP contribution in [-0.2, 0) is 25.2 Å². The van der Waals surface area contributed by atoms with Crippen molar-refractivity contribution in [3.05, 3.63) is 74.7 Å². The number of nitriles is 1. The minimum atomic E-state index is -1.45. The first kappa shape index (κ1) is 31.0. The maximum absolute atomic E-state index is 14.6. The summed E-state index contributed by atoms with van der Waals surface area (Å²) in [6.07, 6.45) is 5.33. The molecule has 1 atom stereocenters. The van der Waals surface area contributed by atoms with Crippen LogP contribution in [0.1, 0.15) is 44.2 Å². The molecule has 0 saturated carbocycles. The van der Waals surface area contributed by atoms with E-state index in [2.05, 4.69) is 33.8 Å². The number of methoxy groups -OCH3 is 1. The summed E-state index contributed by atoms with van der Waals surface area (Å²) in [6, 6.07) is 11.2. The normalized spacial score (nSPS) is 15.0. The number of thiophene rings is 1. The summed E-state index contributed by atoms with van der Waals surface area (Å²) in [5.74, 6) is 0.279. The number of amides is 1. The number of nitrogens with zero attached hydrogens (tertiary/aromatic N) is 6. The van der Waals surface area contributed by atoms with Crippen molar-refractivity contribution in [2.75, 3.05) is 26.8 Å². The number of benzene rings is 1. The first-order valence-corrected chi connectivity index (χ1v) is 15.9. The van der Waals surface area contributed by atoms with Gasteiger partial charge in [0.05, 0.1) is 38.1 Å². The Labute approximate surface area is 266 Å². The van der Waals surface area contributed by atoms with Gasteiger partial charge in [0.25, 0.3) is 5.56 Å². The summed E-state index contributed by atoms with van der Waals surface area (Å²) in [5.41, 5.74) is -1.27. The molecule has 226 valence electrons. The van der Waals surface area contributed by atoms with Gasteiger partial charge in [-0.25, -0.2) is 14.0 Å². The fourth-order valence-electron chi connectivity index (χ4n) is 5.60. The second-order valence-electron chi connectivity index (χ2n) is 10.9. The van der Waals surface area contributed by atoms with Crippen LogP contribution in [0.4, 0.5) is 0 Å². The van der Waals surface area contributed by atoms with E-state index in [1.165, 1.54) is 15.9 Å². The Balaban J connectivity index is 1.79. The highest BCUT2D eigenvalue weighted by atomic mass is 127. The van der Waals surface area contributed by atoms with E-state index in [9.17, 15) is 19.6 Å². The molecule has 0 aliphatic carbocycles. The van der Waals surface area contributed by atoms with E-state index in [0.29, 0.717) is 45.2 Å². The van der Waals surface area contributed by atoms with Crippen molar-refractivity contribution in [3.8, 4) is 16.8 Å². The van der Waals surface area contributed by atoms with Gasteiger partial charge in [0.1, 0.15) is 21.1 Å². The summed E-state index contributed by atoms with van der Waals surface area (Å²) < 4.78 is 15.1.